The van der Waals surface area contributed by atoms with E-state index in [4.69, 9.17) is 18.9 Å². The Morgan fingerprint density at radius 2 is 2.25 bits per heavy atom. The summed E-state index contributed by atoms with van der Waals surface area (Å²) in [5, 5.41) is 1.67. The van der Waals surface area contributed by atoms with Crippen molar-refractivity contribution in [3.63, 3.8) is 0 Å². The monoisotopic (exact) mass is 306 g/mol. The van der Waals surface area contributed by atoms with Gasteiger partial charge in [-0.05, 0) is 25.3 Å². The van der Waals surface area contributed by atoms with Crippen molar-refractivity contribution in [3.05, 3.63) is 22.1 Å². The Hall–Kier alpha value is -0.600. The van der Waals surface area contributed by atoms with E-state index in [2.05, 4.69) is 0 Å². The highest BCUT2D eigenvalue weighted by Gasteiger charge is 2.55. The zero-order valence-electron chi connectivity index (χ0n) is 11.2. The number of thiophene rings is 1. The molecule has 0 aromatic carbocycles. The number of rotatable bonds is 4. The van der Waals surface area contributed by atoms with E-state index in [-0.39, 0.29) is 18.5 Å². The molecule has 2 fully saturated rings. The first-order valence-corrected chi connectivity index (χ1v) is 7.31. The van der Waals surface area contributed by atoms with E-state index in [0.717, 1.165) is 0 Å². The lowest BCUT2D eigenvalue weighted by Crippen LogP contribution is -2.37. The van der Waals surface area contributed by atoms with Gasteiger partial charge in [0.15, 0.2) is 12.1 Å². The summed E-state index contributed by atoms with van der Waals surface area (Å²) in [5.74, 6) is -1.57. The van der Waals surface area contributed by atoms with Crippen LogP contribution in [-0.2, 0) is 25.6 Å². The van der Waals surface area contributed by atoms with Gasteiger partial charge in [0.05, 0.1) is 17.6 Å². The number of alkyl halides is 1. The summed E-state index contributed by atoms with van der Waals surface area (Å²) in [6.45, 7) is 2.73. The summed E-state index contributed by atoms with van der Waals surface area (Å²) in [5.41, 5.74) is 0. The Bertz CT molecular complexity index is 483. The first-order valence-electron chi connectivity index (χ1n) is 6.43. The van der Waals surface area contributed by atoms with Crippen LogP contribution in [0, 0.1) is 5.82 Å². The molecule has 0 saturated carbocycles. The molecule has 3 heterocycles. The van der Waals surface area contributed by atoms with Crippen molar-refractivity contribution in [1.29, 1.82) is 0 Å². The molecule has 5 atom stereocenters. The Morgan fingerprint density at radius 1 is 1.45 bits per heavy atom. The zero-order valence-corrected chi connectivity index (χ0v) is 12.0. The summed E-state index contributed by atoms with van der Waals surface area (Å²) in [7, 11) is 0. The van der Waals surface area contributed by atoms with Gasteiger partial charge in [-0.25, -0.2) is 8.78 Å². The fraction of sp³-hybridized carbons (Fsp3) is 0.692. The molecule has 0 amide bonds. The molecule has 0 aliphatic carbocycles. The van der Waals surface area contributed by atoms with Crippen LogP contribution in [0.25, 0.3) is 0 Å². The summed E-state index contributed by atoms with van der Waals surface area (Å²) in [6, 6.07) is 1.40. The largest absolute Gasteiger partial charge is 0.367 e. The molecule has 3 rings (SSSR count). The van der Waals surface area contributed by atoms with Crippen LogP contribution in [0.1, 0.15) is 18.7 Å². The second-order valence-electron chi connectivity index (χ2n) is 5.14. The quantitative estimate of drug-likeness (QED) is 0.857. The van der Waals surface area contributed by atoms with E-state index in [1.807, 2.05) is 6.92 Å². The third kappa shape index (κ3) is 2.48. The average Bonchev–Trinajstić information content (AvgIpc) is 3.02. The van der Waals surface area contributed by atoms with E-state index in [1.54, 1.807) is 5.38 Å². The van der Waals surface area contributed by atoms with Gasteiger partial charge in [-0.3, -0.25) is 0 Å². The minimum absolute atomic E-state index is 0.140. The number of ether oxygens (including phenoxy) is 4. The number of hydrogen-bond acceptors (Lipinski definition) is 5. The van der Waals surface area contributed by atoms with Gasteiger partial charge in [-0.1, -0.05) is 0 Å². The molecule has 0 radical (unpaired) electrons. The fourth-order valence-electron chi connectivity index (χ4n) is 2.46. The average molecular weight is 306 g/mol. The van der Waals surface area contributed by atoms with E-state index in [9.17, 15) is 8.78 Å². The number of hydrogen-bond donors (Lipinski definition) is 0. The molecule has 7 heteroatoms. The van der Waals surface area contributed by atoms with Gasteiger partial charge >= 0.3 is 0 Å². The minimum atomic E-state index is -1.29. The van der Waals surface area contributed by atoms with Crippen LogP contribution in [0.3, 0.4) is 0 Å². The molecule has 112 valence electrons. The molecule has 0 bridgehead atoms. The molecule has 4 nitrogen and oxygen atoms in total. The highest BCUT2D eigenvalue weighted by molar-refractivity contribution is 7.09. The van der Waals surface area contributed by atoms with E-state index < -0.39 is 31.0 Å². The van der Waals surface area contributed by atoms with Crippen LogP contribution < -0.4 is 0 Å². The van der Waals surface area contributed by atoms with Gasteiger partial charge in [-0.15, -0.1) is 11.3 Å². The molecule has 1 aromatic heterocycles. The van der Waals surface area contributed by atoms with Crippen molar-refractivity contribution in [2.75, 3.05) is 6.67 Å². The molecule has 2 aliphatic rings. The highest BCUT2D eigenvalue weighted by Crippen LogP contribution is 2.39. The van der Waals surface area contributed by atoms with Crippen molar-refractivity contribution in [3.8, 4) is 0 Å². The lowest BCUT2D eigenvalue weighted by Gasteiger charge is -2.24. The highest BCUT2D eigenvalue weighted by atomic mass is 32.1. The van der Waals surface area contributed by atoms with E-state index in [0.29, 0.717) is 4.88 Å². The van der Waals surface area contributed by atoms with Crippen molar-refractivity contribution in [2.24, 2.45) is 0 Å². The second-order valence-corrected chi connectivity index (χ2v) is 6.15. The van der Waals surface area contributed by atoms with E-state index >= 15 is 0 Å². The fourth-order valence-corrected chi connectivity index (χ4v) is 3.13. The molecule has 0 N–H and O–H groups in total. The van der Waals surface area contributed by atoms with Gasteiger partial charge in [0.25, 0.3) is 0 Å². The predicted octanol–water partition coefficient (Wildman–Crippen LogP) is 2.62. The molecule has 1 aromatic rings. The Balaban J connectivity index is 1.65. The van der Waals surface area contributed by atoms with Crippen LogP contribution in [0.2, 0.25) is 0 Å². The molecular formula is C13H16F2O4S. The minimum Gasteiger partial charge on any atom is -0.367 e. The normalized spacial score (nSPS) is 40.2. The SMILES string of the molecule is C[C@H]1O[C@@H]2OC(C)(CF)O[C@@H]2[C@H]1OCc1sccc1F. The maximum absolute atomic E-state index is 13.4. The first kappa shape index (κ1) is 14.3. The summed E-state index contributed by atoms with van der Waals surface area (Å²) >= 11 is 1.29. The van der Waals surface area contributed by atoms with Gasteiger partial charge < -0.3 is 18.9 Å². The van der Waals surface area contributed by atoms with Crippen LogP contribution in [0.5, 0.6) is 0 Å². The van der Waals surface area contributed by atoms with E-state index in [1.165, 1.54) is 24.3 Å². The summed E-state index contributed by atoms with van der Waals surface area (Å²) in [6.07, 6.45) is -1.79. The Kier molecular flexibility index (Phi) is 3.81. The standard InChI is InChI=1S/C13H16F2O4S/c1-7-10(16-5-9-8(15)3-4-20-9)11-12(17-7)19-13(2,6-14)18-11/h3-4,7,10-12H,5-6H2,1-2H3/t7-,10+,11-,12-,13?/m1/s1. The zero-order chi connectivity index (χ0) is 14.3. The summed E-state index contributed by atoms with van der Waals surface area (Å²) < 4.78 is 48.5. The van der Waals surface area contributed by atoms with Crippen molar-refractivity contribution in [1.82, 2.24) is 0 Å². The molecule has 2 aliphatic heterocycles. The molecule has 1 unspecified atom stereocenters. The molecule has 20 heavy (non-hydrogen) atoms. The smallest absolute Gasteiger partial charge is 0.197 e. The lowest BCUT2D eigenvalue weighted by atomic mass is 10.1. The van der Waals surface area contributed by atoms with Crippen molar-refractivity contribution >= 4 is 11.3 Å². The van der Waals surface area contributed by atoms with Gasteiger partial charge in [0.1, 0.15) is 24.7 Å². The Labute approximate surface area is 119 Å². The van der Waals surface area contributed by atoms with Gasteiger partial charge in [0, 0.05) is 0 Å². The van der Waals surface area contributed by atoms with Gasteiger partial charge in [-0.2, -0.15) is 0 Å². The molecular weight excluding hydrogens is 290 g/mol. The maximum Gasteiger partial charge on any atom is 0.197 e. The van der Waals surface area contributed by atoms with Crippen molar-refractivity contribution in [2.45, 2.75) is 50.8 Å². The van der Waals surface area contributed by atoms with Crippen LogP contribution in [-0.4, -0.2) is 37.1 Å². The Morgan fingerprint density at radius 3 is 2.90 bits per heavy atom. The predicted molar refractivity (Wildman–Crippen MR) is 67.5 cm³/mol. The summed E-state index contributed by atoms with van der Waals surface area (Å²) in [4.78, 5) is 0.521. The number of fused-ring (bicyclic) bond motifs is 1. The second kappa shape index (κ2) is 5.31. The molecule has 0 spiro atoms. The third-order valence-corrected chi connectivity index (χ3v) is 4.36. The third-order valence-electron chi connectivity index (χ3n) is 3.49. The van der Waals surface area contributed by atoms with Crippen LogP contribution in [0.15, 0.2) is 11.4 Å². The first-order chi connectivity index (χ1) is 9.52. The molecule has 2 saturated heterocycles. The number of halogens is 2. The topological polar surface area (TPSA) is 36.9 Å². The van der Waals surface area contributed by atoms with Gasteiger partial charge in [0.2, 0.25) is 0 Å². The van der Waals surface area contributed by atoms with Crippen molar-refractivity contribution < 1.29 is 27.7 Å². The van der Waals surface area contributed by atoms with Crippen LogP contribution in [0.4, 0.5) is 8.78 Å². The lowest BCUT2D eigenvalue weighted by molar-refractivity contribution is -0.231. The van der Waals surface area contributed by atoms with Crippen LogP contribution >= 0.6 is 11.3 Å². The maximum atomic E-state index is 13.4.